The van der Waals surface area contributed by atoms with Gasteiger partial charge in [0.1, 0.15) is 10.0 Å². The molecule has 0 heterocycles. The van der Waals surface area contributed by atoms with Crippen LogP contribution in [0.4, 0.5) is 0 Å². The molecule has 0 spiro atoms. The van der Waals surface area contributed by atoms with Gasteiger partial charge in [0.05, 0.1) is 15.1 Å². The van der Waals surface area contributed by atoms with Gasteiger partial charge < -0.3 is 4.52 Å². The number of halogens is 5. The van der Waals surface area contributed by atoms with Crippen molar-refractivity contribution in [2.24, 2.45) is 0 Å². The Kier molecular flexibility index (Phi) is 5.00. The lowest BCUT2D eigenvalue weighted by Gasteiger charge is -2.09. The number of rotatable bonds is 2. The van der Waals surface area contributed by atoms with Crippen LogP contribution >= 0.6 is 65.6 Å². The Bertz CT molecular complexity index is 367. The highest BCUT2D eigenvalue weighted by atomic mass is 35.5. The summed E-state index contributed by atoms with van der Waals surface area (Å²) >= 11 is 33.5. The molecule has 0 saturated carbocycles. The highest BCUT2D eigenvalue weighted by Crippen LogP contribution is 2.48. The Balaban J connectivity index is 3.50. The Labute approximate surface area is 112 Å². The van der Waals surface area contributed by atoms with E-state index in [9.17, 15) is 0 Å². The lowest BCUT2D eigenvalue weighted by Crippen LogP contribution is -1.84. The van der Waals surface area contributed by atoms with Gasteiger partial charge in [0.15, 0.2) is 5.75 Å². The van der Waals surface area contributed by atoms with Crippen LogP contribution in [0, 0.1) is 0 Å². The quantitative estimate of drug-likeness (QED) is 0.394. The third-order valence-corrected chi connectivity index (χ3v) is 4.02. The lowest BCUT2D eigenvalue weighted by molar-refractivity contribution is 0.645. The zero-order valence-electron chi connectivity index (χ0n) is 6.15. The first-order valence-corrected chi connectivity index (χ1v) is 6.73. The number of benzene rings is 1. The second-order valence-electron chi connectivity index (χ2n) is 2.06. The molecule has 0 aliphatic rings. The molecule has 1 aromatic carbocycles. The average molecular weight is 328 g/mol. The highest BCUT2D eigenvalue weighted by Gasteiger charge is 2.20. The minimum absolute atomic E-state index is 0.0939. The van der Waals surface area contributed by atoms with E-state index in [2.05, 4.69) is 11.8 Å². The van der Waals surface area contributed by atoms with Crippen molar-refractivity contribution in [3.05, 3.63) is 25.1 Å². The second-order valence-corrected chi connectivity index (χ2v) is 4.73. The first-order chi connectivity index (χ1) is 6.50. The Hall–Kier alpha value is 0.990. The maximum atomic E-state index is 5.82. The van der Waals surface area contributed by atoms with Gasteiger partial charge in [-0.15, -0.1) is 0 Å². The van der Waals surface area contributed by atoms with Gasteiger partial charge in [0.2, 0.25) is 7.58 Å². The molecule has 0 aromatic heterocycles. The monoisotopic (exact) mass is 326 g/mol. The number of hydrogen-bond acceptors (Lipinski definition) is 2. The van der Waals surface area contributed by atoms with Crippen LogP contribution in [0.15, 0.2) is 0 Å². The first-order valence-electron chi connectivity index (χ1n) is 3.01. The summed E-state index contributed by atoms with van der Waals surface area (Å²) < 4.78 is 4.98. The molecule has 76 valence electrons. The van der Waals surface area contributed by atoms with Crippen molar-refractivity contribution in [1.82, 2.24) is 0 Å². The molecule has 0 N–H and O–H groups in total. The standard InChI is InChI=1S/C6Cl5OPS/c7-1-2(8)4(10)6(12-13-14)5(11)3(1)9. The van der Waals surface area contributed by atoms with Gasteiger partial charge in [0, 0.05) is 0 Å². The molecule has 0 unspecified atom stereocenters. The van der Waals surface area contributed by atoms with E-state index >= 15 is 0 Å². The van der Waals surface area contributed by atoms with Crippen molar-refractivity contribution in [1.29, 1.82) is 0 Å². The van der Waals surface area contributed by atoms with E-state index in [1.807, 2.05) is 0 Å². The molecule has 0 saturated heterocycles. The fourth-order valence-electron chi connectivity index (χ4n) is 0.702. The van der Waals surface area contributed by atoms with Crippen molar-refractivity contribution < 1.29 is 4.52 Å². The normalized spacial score (nSPS) is 10.6. The van der Waals surface area contributed by atoms with Gasteiger partial charge in [-0.05, 0) is 11.8 Å². The molecule has 1 nitrogen and oxygen atoms in total. The average Bonchev–Trinajstić information content (AvgIpc) is 2.19. The summed E-state index contributed by atoms with van der Waals surface area (Å²) in [5.41, 5.74) is 0. The third kappa shape index (κ3) is 2.38. The van der Waals surface area contributed by atoms with E-state index in [0.29, 0.717) is 0 Å². The molecular formula is C6Cl5OPS. The van der Waals surface area contributed by atoms with Crippen LogP contribution in [0.3, 0.4) is 0 Å². The molecule has 0 fully saturated rings. The summed E-state index contributed by atoms with van der Waals surface area (Å²) in [7, 11) is 0.216. The molecule has 14 heavy (non-hydrogen) atoms. The van der Waals surface area contributed by atoms with E-state index in [1.165, 1.54) is 0 Å². The van der Waals surface area contributed by atoms with E-state index in [4.69, 9.17) is 62.5 Å². The Morgan fingerprint density at radius 1 is 0.786 bits per heavy atom. The van der Waals surface area contributed by atoms with E-state index in [0.717, 1.165) is 0 Å². The summed E-state index contributed by atoms with van der Waals surface area (Å²) in [4.78, 5) is 0. The Morgan fingerprint density at radius 3 is 1.50 bits per heavy atom. The van der Waals surface area contributed by atoms with E-state index < -0.39 is 0 Å². The zero-order valence-corrected chi connectivity index (χ0v) is 11.6. The zero-order chi connectivity index (χ0) is 10.9. The van der Waals surface area contributed by atoms with Crippen LogP contribution in [0.5, 0.6) is 5.75 Å². The molecule has 0 aliphatic carbocycles. The highest BCUT2D eigenvalue weighted by molar-refractivity contribution is 7.94. The molecule has 1 rings (SSSR count). The van der Waals surface area contributed by atoms with Gasteiger partial charge in [-0.25, -0.2) is 0 Å². The van der Waals surface area contributed by atoms with Crippen molar-refractivity contribution >= 4 is 77.4 Å². The molecule has 0 radical (unpaired) electrons. The molecular weight excluding hydrogens is 328 g/mol. The van der Waals surface area contributed by atoms with Gasteiger partial charge in [-0.2, -0.15) is 0 Å². The van der Waals surface area contributed by atoms with E-state index in [-0.39, 0.29) is 38.4 Å². The van der Waals surface area contributed by atoms with Crippen LogP contribution in [0.2, 0.25) is 25.1 Å². The third-order valence-electron chi connectivity index (χ3n) is 1.30. The van der Waals surface area contributed by atoms with Gasteiger partial charge in [-0.3, -0.25) is 0 Å². The predicted octanol–water partition coefficient (Wildman–Crippen LogP) is 5.66. The SMILES string of the molecule is S=POc1c(Cl)c(Cl)c(Cl)c(Cl)c1Cl. The molecule has 8 heteroatoms. The lowest BCUT2D eigenvalue weighted by atomic mass is 10.3. The minimum Gasteiger partial charge on any atom is -0.425 e. The molecule has 1 aromatic rings. The fraction of sp³-hybridized carbons (Fsp3) is 0. The van der Waals surface area contributed by atoms with Crippen molar-refractivity contribution in [3.63, 3.8) is 0 Å². The summed E-state index contributed by atoms with van der Waals surface area (Å²) in [6, 6.07) is 0. The second kappa shape index (κ2) is 5.36. The van der Waals surface area contributed by atoms with Gasteiger partial charge >= 0.3 is 0 Å². The molecule has 0 aliphatic heterocycles. The number of hydrogen-bond donors (Lipinski definition) is 0. The van der Waals surface area contributed by atoms with Crippen molar-refractivity contribution in [3.8, 4) is 5.75 Å². The van der Waals surface area contributed by atoms with Crippen LogP contribution in [0.25, 0.3) is 0 Å². The van der Waals surface area contributed by atoms with E-state index in [1.54, 1.807) is 0 Å². The summed E-state index contributed by atoms with van der Waals surface area (Å²) in [6.45, 7) is 0. The van der Waals surface area contributed by atoms with Gasteiger partial charge in [-0.1, -0.05) is 58.0 Å². The van der Waals surface area contributed by atoms with Crippen molar-refractivity contribution in [2.45, 2.75) is 0 Å². The maximum Gasteiger partial charge on any atom is 0.205 e. The van der Waals surface area contributed by atoms with Crippen LogP contribution < -0.4 is 4.52 Å². The van der Waals surface area contributed by atoms with Crippen LogP contribution in [-0.4, -0.2) is 0 Å². The summed E-state index contributed by atoms with van der Waals surface area (Å²) in [6.07, 6.45) is 0. The summed E-state index contributed by atoms with van der Waals surface area (Å²) in [5.74, 6) is 0.143. The maximum absolute atomic E-state index is 5.82. The van der Waals surface area contributed by atoms with Gasteiger partial charge in [0.25, 0.3) is 0 Å². The Morgan fingerprint density at radius 2 is 1.14 bits per heavy atom. The van der Waals surface area contributed by atoms with Crippen molar-refractivity contribution in [2.75, 3.05) is 0 Å². The molecule has 0 amide bonds. The van der Waals surface area contributed by atoms with Crippen LogP contribution in [0.1, 0.15) is 0 Å². The fourth-order valence-corrected chi connectivity index (χ4v) is 2.49. The smallest absolute Gasteiger partial charge is 0.205 e. The minimum atomic E-state index is 0.0939. The molecule has 0 atom stereocenters. The largest absolute Gasteiger partial charge is 0.425 e. The molecule has 0 bridgehead atoms. The summed E-state index contributed by atoms with van der Waals surface area (Å²) in [5, 5.41) is 0.483. The predicted molar refractivity (Wildman–Crippen MR) is 66.4 cm³/mol. The van der Waals surface area contributed by atoms with Crippen LogP contribution in [-0.2, 0) is 11.8 Å². The topological polar surface area (TPSA) is 9.23 Å². The first kappa shape index (κ1) is 13.1.